The predicted octanol–water partition coefficient (Wildman–Crippen LogP) is 1.35. The number of ether oxygens (including phenoxy) is 2. The van der Waals surface area contributed by atoms with Crippen LogP contribution in [0.4, 0.5) is 5.69 Å². The van der Waals surface area contributed by atoms with Gasteiger partial charge in [0.15, 0.2) is 11.5 Å². The van der Waals surface area contributed by atoms with Crippen molar-refractivity contribution in [3.8, 4) is 11.5 Å². The molecule has 24 heavy (non-hydrogen) atoms. The molecule has 2 amide bonds. The van der Waals surface area contributed by atoms with Gasteiger partial charge in [-0.15, -0.1) is 0 Å². The number of benzene rings is 1. The molecule has 0 aliphatic carbocycles. The Bertz CT molecular complexity index is 673. The Kier molecular flexibility index (Phi) is 5.28. The van der Waals surface area contributed by atoms with Gasteiger partial charge in [-0.1, -0.05) is 0 Å². The SMILES string of the molecule is COc1cc(C(=O)N2CCCC2C(=O)O)cc(NC(C)=O)c1OC. The highest BCUT2D eigenvalue weighted by molar-refractivity contribution is 6.00. The van der Waals surface area contributed by atoms with Crippen LogP contribution in [0.5, 0.6) is 11.5 Å². The van der Waals surface area contributed by atoms with E-state index in [1.807, 2.05) is 0 Å². The largest absolute Gasteiger partial charge is 0.493 e. The summed E-state index contributed by atoms with van der Waals surface area (Å²) >= 11 is 0. The van der Waals surface area contributed by atoms with E-state index in [0.29, 0.717) is 30.8 Å². The molecule has 0 bridgehead atoms. The normalized spacial score (nSPS) is 16.6. The van der Waals surface area contributed by atoms with E-state index in [9.17, 15) is 19.5 Å². The van der Waals surface area contributed by atoms with E-state index < -0.39 is 17.9 Å². The van der Waals surface area contributed by atoms with E-state index >= 15 is 0 Å². The molecule has 2 rings (SSSR count). The molecule has 1 heterocycles. The maximum Gasteiger partial charge on any atom is 0.326 e. The highest BCUT2D eigenvalue weighted by Gasteiger charge is 2.35. The van der Waals surface area contributed by atoms with Crippen molar-refractivity contribution < 1.29 is 29.0 Å². The van der Waals surface area contributed by atoms with Crippen LogP contribution in [0.25, 0.3) is 0 Å². The van der Waals surface area contributed by atoms with Gasteiger partial charge in [-0.25, -0.2) is 4.79 Å². The summed E-state index contributed by atoms with van der Waals surface area (Å²) in [5.41, 5.74) is 0.517. The van der Waals surface area contributed by atoms with Gasteiger partial charge in [0.05, 0.1) is 19.9 Å². The van der Waals surface area contributed by atoms with Crippen molar-refractivity contribution in [2.75, 3.05) is 26.1 Å². The highest BCUT2D eigenvalue weighted by atomic mass is 16.5. The molecule has 0 aromatic heterocycles. The van der Waals surface area contributed by atoms with Gasteiger partial charge < -0.3 is 24.8 Å². The minimum Gasteiger partial charge on any atom is -0.493 e. The molecule has 8 heteroatoms. The maximum absolute atomic E-state index is 12.7. The fourth-order valence-corrected chi connectivity index (χ4v) is 2.80. The molecule has 2 N–H and O–H groups in total. The monoisotopic (exact) mass is 336 g/mol. The van der Waals surface area contributed by atoms with Gasteiger partial charge in [0.2, 0.25) is 5.91 Å². The average molecular weight is 336 g/mol. The van der Waals surface area contributed by atoms with Gasteiger partial charge in [0, 0.05) is 19.0 Å². The Hall–Kier alpha value is -2.77. The number of nitrogens with zero attached hydrogens (tertiary/aromatic N) is 1. The van der Waals surface area contributed by atoms with Crippen LogP contribution in [0.15, 0.2) is 12.1 Å². The molecule has 130 valence electrons. The molecule has 1 aliphatic heterocycles. The van der Waals surface area contributed by atoms with Crippen molar-refractivity contribution in [1.82, 2.24) is 4.90 Å². The molecule has 8 nitrogen and oxygen atoms in total. The zero-order valence-electron chi connectivity index (χ0n) is 13.8. The molecule has 1 saturated heterocycles. The number of methoxy groups -OCH3 is 2. The second kappa shape index (κ2) is 7.20. The Morgan fingerprint density at radius 2 is 1.96 bits per heavy atom. The van der Waals surface area contributed by atoms with Gasteiger partial charge >= 0.3 is 5.97 Å². The summed E-state index contributed by atoms with van der Waals surface area (Å²) in [6.07, 6.45) is 1.06. The first kappa shape index (κ1) is 17.6. The number of hydrogen-bond acceptors (Lipinski definition) is 5. The number of carboxylic acids is 1. The number of likely N-dealkylation sites (tertiary alicyclic amines) is 1. The lowest BCUT2D eigenvalue weighted by atomic mass is 10.1. The summed E-state index contributed by atoms with van der Waals surface area (Å²) in [6.45, 7) is 1.71. The summed E-state index contributed by atoms with van der Waals surface area (Å²) in [4.78, 5) is 36.7. The smallest absolute Gasteiger partial charge is 0.326 e. The summed E-state index contributed by atoms with van der Waals surface area (Å²) < 4.78 is 10.5. The number of anilines is 1. The third kappa shape index (κ3) is 3.42. The molecular formula is C16H20N2O6. The molecule has 1 atom stereocenters. The predicted molar refractivity (Wildman–Crippen MR) is 85.5 cm³/mol. The van der Waals surface area contributed by atoms with Crippen LogP contribution < -0.4 is 14.8 Å². The van der Waals surface area contributed by atoms with E-state index in [1.165, 1.54) is 38.2 Å². The molecule has 1 aromatic rings. The van der Waals surface area contributed by atoms with Crippen LogP contribution >= 0.6 is 0 Å². The second-order valence-electron chi connectivity index (χ2n) is 5.44. The summed E-state index contributed by atoms with van der Waals surface area (Å²) in [7, 11) is 2.84. The van der Waals surface area contributed by atoms with E-state index in [0.717, 1.165) is 0 Å². The van der Waals surface area contributed by atoms with E-state index in [4.69, 9.17) is 9.47 Å². The molecular weight excluding hydrogens is 316 g/mol. The molecule has 0 spiro atoms. The molecule has 0 saturated carbocycles. The first-order valence-electron chi connectivity index (χ1n) is 7.46. The number of nitrogens with one attached hydrogen (secondary N) is 1. The molecule has 1 aliphatic rings. The first-order chi connectivity index (χ1) is 11.4. The van der Waals surface area contributed by atoms with Crippen molar-refractivity contribution in [2.24, 2.45) is 0 Å². The van der Waals surface area contributed by atoms with Crippen LogP contribution in [-0.2, 0) is 9.59 Å². The minimum atomic E-state index is -1.02. The number of amides is 2. The van der Waals surface area contributed by atoms with Gasteiger partial charge in [-0.2, -0.15) is 0 Å². The average Bonchev–Trinajstić information content (AvgIpc) is 3.02. The molecule has 1 unspecified atom stereocenters. The Morgan fingerprint density at radius 3 is 2.50 bits per heavy atom. The van der Waals surface area contributed by atoms with Gasteiger partial charge in [-0.3, -0.25) is 9.59 Å². The van der Waals surface area contributed by atoms with Crippen LogP contribution in [0.2, 0.25) is 0 Å². The third-order valence-corrected chi connectivity index (χ3v) is 3.84. The lowest BCUT2D eigenvalue weighted by Gasteiger charge is -2.22. The Labute approximate surface area is 139 Å². The van der Waals surface area contributed by atoms with Crippen LogP contribution in [0.3, 0.4) is 0 Å². The number of carbonyl (C=O) groups excluding carboxylic acids is 2. The van der Waals surface area contributed by atoms with Crippen LogP contribution in [0.1, 0.15) is 30.1 Å². The standard InChI is InChI=1S/C16H20N2O6/c1-9(19)17-11-7-10(8-13(23-2)14(11)24-3)15(20)18-6-4-5-12(18)16(21)22/h7-8,12H,4-6H2,1-3H3,(H,17,19)(H,21,22). The maximum atomic E-state index is 12.7. The zero-order valence-corrected chi connectivity index (χ0v) is 13.8. The zero-order chi connectivity index (χ0) is 17.9. The number of hydrogen-bond donors (Lipinski definition) is 2. The summed E-state index contributed by atoms with van der Waals surface area (Å²) in [6, 6.07) is 2.10. The van der Waals surface area contributed by atoms with Crippen LogP contribution in [0, 0.1) is 0 Å². The van der Waals surface area contributed by atoms with Gasteiger partial charge in [0.25, 0.3) is 5.91 Å². The van der Waals surface area contributed by atoms with Crippen molar-refractivity contribution in [2.45, 2.75) is 25.8 Å². The van der Waals surface area contributed by atoms with Gasteiger partial charge in [-0.05, 0) is 25.0 Å². The fourth-order valence-electron chi connectivity index (χ4n) is 2.80. The molecule has 1 fully saturated rings. The minimum absolute atomic E-state index is 0.226. The number of carboxylic acid groups (broad SMARTS) is 1. The third-order valence-electron chi connectivity index (χ3n) is 3.84. The van der Waals surface area contributed by atoms with E-state index in [2.05, 4.69) is 5.32 Å². The summed E-state index contributed by atoms with van der Waals surface area (Å²) in [5, 5.41) is 11.8. The van der Waals surface area contributed by atoms with Crippen molar-refractivity contribution in [3.05, 3.63) is 17.7 Å². The van der Waals surface area contributed by atoms with Crippen LogP contribution in [-0.4, -0.2) is 54.6 Å². The number of carbonyl (C=O) groups is 3. The number of aliphatic carboxylic acids is 1. The highest BCUT2D eigenvalue weighted by Crippen LogP contribution is 2.37. The lowest BCUT2D eigenvalue weighted by molar-refractivity contribution is -0.141. The summed E-state index contributed by atoms with van der Waals surface area (Å²) in [5.74, 6) is -1.21. The molecule has 1 aromatic carbocycles. The second-order valence-corrected chi connectivity index (χ2v) is 5.44. The van der Waals surface area contributed by atoms with Crippen molar-refractivity contribution >= 4 is 23.5 Å². The lowest BCUT2D eigenvalue weighted by Crippen LogP contribution is -2.40. The Balaban J connectivity index is 2.44. The van der Waals surface area contributed by atoms with Gasteiger partial charge in [0.1, 0.15) is 6.04 Å². The topological polar surface area (TPSA) is 105 Å². The van der Waals surface area contributed by atoms with Crippen molar-refractivity contribution in [3.63, 3.8) is 0 Å². The quantitative estimate of drug-likeness (QED) is 0.841. The number of rotatable bonds is 5. The Morgan fingerprint density at radius 1 is 1.25 bits per heavy atom. The van der Waals surface area contributed by atoms with E-state index in [-0.39, 0.29) is 17.2 Å². The first-order valence-corrected chi connectivity index (χ1v) is 7.46. The molecule has 0 radical (unpaired) electrons. The van der Waals surface area contributed by atoms with E-state index in [1.54, 1.807) is 0 Å². The fraction of sp³-hybridized carbons (Fsp3) is 0.438. The van der Waals surface area contributed by atoms with Crippen molar-refractivity contribution in [1.29, 1.82) is 0 Å².